The summed E-state index contributed by atoms with van der Waals surface area (Å²) >= 11 is 6.10. The van der Waals surface area contributed by atoms with Crippen molar-refractivity contribution in [2.75, 3.05) is 0 Å². The van der Waals surface area contributed by atoms with Crippen molar-refractivity contribution >= 4 is 17.6 Å². The molecule has 0 radical (unpaired) electrons. The molecule has 148 valence electrons. The van der Waals surface area contributed by atoms with Gasteiger partial charge >= 0.3 is 6.03 Å². The molecular weight excluding hydrogens is 376 g/mol. The van der Waals surface area contributed by atoms with Crippen LogP contribution >= 0.6 is 11.6 Å². The maximum atomic E-state index is 12.8. The Morgan fingerprint density at radius 1 is 1.25 bits per heavy atom. The molecule has 1 N–H and O–H groups in total. The Labute approximate surface area is 170 Å². The summed E-state index contributed by atoms with van der Waals surface area (Å²) < 4.78 is 7.46. The van der Waals surface area contributed by atoms with Crippen molar-refractivity contribution < 1.29 is 9.21 Å². The van der Waals surface area contributed by atoms with Crippen LogP contribution in [-0.4, -0.2) is 26.0 Å². The molecule has 0 aliphatic rings. The topological polar surface area (TPSA) is 63.3 Å². The van der Waals surface area contributed by atoms with Gasteiger partial charge in [-0.25, -0.2) is 9.78 Å². The van der Waals surface area contributed by atoms with E-state index in [1.165, 1.54) is 0 Å². The monoisotopic (exact) mass is 400 g/mol. The Morgan fingerprint density at radius 3 is 2.75 bits per heavy atom. The second kappa shape index (κ2) is 8.52. The van der Waals surface area contributed by atoms with Gasteiger partial charge in [0, 0.05) is 29.5 Å². The number of urea groups is 1. The first-order valence-corrected chi connectivity index (χ1v) is 9.52. The summed E-state index contributed by atoms with van der Waals surface area (Å²) in [4.78, 5) is 19.0. The van der Waals surface area contributed by atoms with Crippen LogP contribution in [0.5, 0.6) is 0 Å². The molecule has 2 aromatic heterocycles. The van der Waals surface area contributed by atoms with Crippen molar-refractivity contribution in [1.29, 1.82) is 0 Å². The fraction of sp³-hybridized carbons (Fsp3) is 0.333. The molecule has 3 rings (SSSR count). The average Bonchev–Trinajstić information content (AvgIpc) is 3.25. The van der Waals surface area contributed by atoms with E-state index in [0.717, 1.165) is 17.1 Å². The zero-order valence-electron chi connectivity index (χ0n) is 16.4. The van der Waals surface area contributed by atoms with E-state index in [0.29, 0.717) is 24.7 Å². The predicted octanol–water partition coefficient (Wildman–Crippen LogP) is 4.69. The van der Waals surface area contributed by atoms with Crippen LogP contribution in [0.2, 0.25) is 5.02 Å². The molecule has 0 fully saturated rings. The number of benzene rings is 1. The van der Waals surface area contributed by atoms with Gasteiger partial charge in [-0.05, 0) is 50.6 Å². The van der Waals surface area contributed by atoms with E-state index in [1.54, 1.807) is 17.4 Å². The van der Waals surface area contributed by atoms with Crippen LogP contribution in [0, 0.1) is 0 Å². The number of carbonyl (C=O) groups is 1. The van der Waals surface area contributed by atoms with Crippen molar-refractivity contribution in [3.05, 3.63) is 77.2 Å². The van der Waals surface area contributed by atoms with Crippen LogP contribution in [0.3, 0.4) is 0 Å². The fourth-order valence-electron chi connectivity index (χ4n) is 2.83. The second-order valence-electron chi connectivity index (χ2n) is 7.72. The zero-order chi connectivity index (χ0) is 20.1. The van der Waals surface area contributed by atoms with E-state index in [1.807, 2.05) is 67.9 Å². The molecule has 2 amide bonds. The first-order valence-electron chi connectivity index (χ1n) is 9.14. The van der Waals surface area contributed by atoms with Crippen molar-refractivity contribution in [3.63, 3.8) is 0 Å². The van der Waals surface area contributed by atoms with Crippen molar-refractivity contribution in [2.45, 2.75) is 45.9 Å². The highest BCUT2D eigenvalue weighted by Gasteiger charge is 2.22. The van der Waals surface area contributed by atoms with Gasteiger partial charge in [0.05, 0.1) is 19.4 Å². The largest absolute Gasteiger partial charge is 0.467 e. The van der Waals surface area contributed by atoms with Gasteiger partial charge < -0.3 is 19.2 Å². The molecule has 0 aliphatic heterocycles. The number of imidazole rings is 1. The van der Waals surface area contributed by atoms with Crippen molar-refractivity contribution in [2.24, 2.45) is 0 Å². The number of halogens is 1. The number of nitrogens with one attached hydrogen (secondary N) is 1. The van der Waals surface area contributed by atoms with E-state index in [-0.39, 0.29) is 11.6 Å². The number of furan rings is 1. The molecule has 0 bridgehead atoms. The lowest BCUT2D eigenvalue weighted by atomic mass is 10.1. The Bertz CT molecular complexity index is 913. The number of aromatic nitrogens is 2. The molecule has 0 aliphatic carbocycles. The van der Waals surface area contributed by atoms with Gasteiger partial charge in [0.15, 0.2) is 0 Å². The normalized spacial score (nSPS) is 11.4. The van der Waals surface area contributed by atoms with Crippen molar-refractivity contribution in [3.8, 4) is 0 Å². The minimum Gasteiger partial charge on any atom is -0.467 e. The molecule has 6 nitrogen and oxygen atoms in total. The Kier molecular flexibility index (Phi) is 6.09. The summed E-state index contributed by atoms with van der Waals surface area (Å²) in [7, 11) is 0. The van der Waals surface area contributed by atoms with Crippen LogP contribution in [-0.2, 0) is 19.6 Å². The Hall–Kier alpha value is -2.73. The van der Waals surface area contributed by atoms with Gasteiger partial charge in [-0.15, -0.1) is 0 Å². The zero-order valence-corrected chi connectivity index (χ0v) is 17.1. The fourth-order valence-corrected chi connectivity index (χ4v) is 3.04. The molecule has 0 saturated carbocycles. The first-order chi connectivity index (χ1) is 13.3. The molecule has 1 aromatic carbocycles. The third-order valence-corrected chi connectivity index (χ3v) is 4.31. The second-order valence-corrected chi connectivity index (χ2v) is 8.15. The highest BCUT2D eigenvalue weighted by Crippen LogP contribution is 2.15. The van der Waals surface area contributed by atoms with Crippen LogP contribution in [0.25, 0.3) is 0 Å². The van der Waals surface area contributed by atoms with Crippen LogP contribution < -0.4 is 5.32 Å². The quantitative estimate of drug-likeness (QED) is 0.652. The first kappa shape index (κ1) is 20.0. The van der Waals surface area contributed by atoms with E-state index in [2.05, 4.69) is 10.3 Å². The maximum Gasteiger partial charge on any atom is 0.318 e. The summed E-state index contributed by atoms with van der Waals surface area (Å²) in [6.07, 6.45) is 5.25. The van der Waals surface area contributed by atoms with Crippen LogP contribution in [0.15, 0.2) is 59.5 Å². The van der Waals surface area contributed by atoms with Gasteiger partial charge in [0.25, 0.3) is 0 Å². The van der Waals surface area contributed by atoms with E-state index in [9.17, 15) is 4.79 Å². The molecule has 0 atom stereocenters. The lowest BCUT2D eigenvalue weighted by Crippen LogP contribution is -2.48. The number of rotatable bonds is 6. The Balaban J connectivity index is 1.78. The van der Waals surface area contributed by atoms with Gasteiger partial charge in [-0.3, -0.25) is 0 Å². The van der Waals surface area contributed by atoms with Gasteiger partial charge in [-0.1, -0.05) is 23.7 Å². The van der Waals surface area contributed by atoms with Gasteiger partial charge in [-0.2, -0.15) is 0 Å². The number of hydrogen-bond donors (Lipinski definition) is 1. The third kappa shape index (κ3) is 5.63. The lowest BCUT2D eigenvalue weighted by molar-refractivity contribution is 0.176. The minimum absolute atomic E-state index is 0.166. The number of amides is 2. The van der Waals surface area contributed by atoms with Crippen molar-refractivity contribution in [1.82, 2.24) is 19.8 Å². The number of carbonyl (C=O) groups excluding carboxylic acids is 1. The summed E-state index contributed by atoms with van der Waals surface area (Å²) in [6, 6.07) is 11.2. The molecule has 3 aromatic rings. The Morgan fingerprint density at radius 2 is 2.07 bits per heavy atom. The smallest absolute Gasteiger partial charge is 0.318 e. The summed E-state index contributed by atoms with van der Waals surface area (Å²) in [6.45, 7) is 7.21. The molecular formula is C21H25ClN4O2. The molecule has 28 heavy (non-hydrogen) atoms. The summed E-state index contributed by atoms with van der Waals surface area (Å²) in [5.41, 5.74) is 0.734. The average molecular weight is 401 g/mol. The minimum atomic E-state index is -0.339. The molecule has 0 unspecified atom stereocenters. The lowest BCUT2D eigenvalue weighted by Gasteiger charge is -2.28. The number of hydrogen-bond acceptors (Lipinski definition) is 3. The summed E-state index contributed by atoms with van der Waals surface area (Å²) in [5.74, 6) is 1.51. The predicted molar refractivity (Wildman–Crippen MR) is 109 cm³/mol. The number of nitrogens with zero attached hydrogens (tertiary/aromatic N) is 3. The molecule has 0 saturated heterocycles. The highest BCUT2D eigenvalue weighted by molar-refractivity contribution is 6.30. The molecule has 2 heterocycles. The third-order valence-electron chi connectivity index (χ3n) is 4.07. The van der Waals surface area contributed by atoms with E-state index >= 15 is 0 Å². The van der Waals surface area contributed by atoms with E-state index < -0.39 is 0 Å². The molecule has 7 heteroatoms. The molecule has 0 spiro atoms. The van der Waals surface area contributed by atoms with Crippen LogP contribution in [0.4, 0.5) is 4.79 Å². The van der Waals surface area contributed by atoms with Crippen LogP contribution in [0.1, 0.15) is 37.9 Å². The standard InChI is InChI=1S/C21H25ClN4O2/c1-21(2,3)24-20(27)26(14-18-8-5-11-28-18)15-19-23-9-10-25(19)13-16-6-4-7-17(22)12-16/h4-12H,13-15H2,1-3H3,(H,24,27). The van der Waals surface area contributed by atoms with Gasteiger partial charge in [0.1, 0.15) is 11.6 Å². The maximum absolute atomic E-state index is 12.8. The summed E-state index contributed by atoms with van der Waals surface area (Å²) in [5, 5.41) is 3.71. The highest BCUT2D eigenvalue weighted by atomic mass is 35.5. The SMILES string of the molecule is CC(C)(C)NC(=O)N(Cc1ccco1)Cc1nccn1Cc1cccc(Cl)c1. The van der Waals surface area contributed by atoms with Gasteiger partial charge in [0.2, 0.25) is 0 Å². The van der Waals surface area contributed by atoms with E-state index in [4.69, 9.17) is 16.0 Å².